The molecular weight excluding hydrogens is 800 g/mol. The summed E-state index contributed by atoms with van der Waals surface area (Å²) in [6.07, 6.45) is 3.12. The van der Waals surface area contributed by atoms with Crippen molar-refractivity contribution in [3.63, 3.8) is 0 Å². The van der Waals surface area contributed by atoms with E-state index in [0.717, 1.165) is 40.9 Å². The van der Waals surface area contributed by atoms with Crippen molar-refractivity contribution in [3.8, 4) is 0 Å². The van der Waals surface area contributed by atoms with Gasteiger partial charge in [-0.25, -0.2) is 0 Å². The number of hydroxylamine groups is 6. The van der Waals surface area contributed by atoms with Gasteiger partial charge in [-0.1, -0.05) is 25.7 Å². The molecule has 4 atom stereocenters. The van der Waals surface area contributed by atoms with Crippen LogP contribution < -0.4 is 16.0 Å². The number of carboxylic acids is 1. The Morgan fingerprint density at radius 3 is 1.38 bits per heavy atom. The summed E-state index contributed by atoms with van der Waals surface area (Å²) in [5.41, 5.74) is 0. The van der Waals surface area contributed by atoms with Gasteiger partial charge >= 0.3 is 14.8 Å². The van der Waals surface area contributed by atoms with Crippen LogP contribution in [0, 0.1) is 5.92 Å². The second-order valence-corrected chi connectivity index (χ2v) is 16.5. The van der Waals surface area contributed by atoms with Crippen LogP contribution >= 0.6 is 0 Å². The molecule has 22 heteroatoms. The number of unbranched alkanes of at least 4 members (excludes halogenated alkanes) is 7. The van der Waals surface area contributed by atoms with E-state index in [1.165, 1.54) is 28.3 Å². The van der Waals surface area contributed by atoms with Gasteiger partial charge in [0.2, 0.25) is 17.7 Å². The summed E-state index contributed by atoms with van der Waals surface area (Å²) in [4.78, 5) is 48.1. The van der Waals surface area contributed by atoms with E-state index < -0.39 is 51.7 Å². The minimum Gasteiger partial charge on any atom is -0.481 e. The van der Waals surface area contributed by atoms with E-state index in [2.05, 4.69) is 16.0 Å². The first-order chi connectivity index (χ1) is 26.1. The van der Waals surface area contributed by atoms with E-state index >= 15 is 0 Å². The standard InChI is InChI=1S/C34H70N6O14Si.Fe/c1-27(41)38(49)22-12-6-5-9-19-35-29(42)15-17-31(44)39(50)23-13-7-10-20-36-30(43)16-18-32(45)40(51)24-14-8-11-21-37-34(48)28(25-33(46)47)26-55(52-2,53-3)54-4;/h27-28,31-32,41,44-45,49-51H,5-26H2,1-4H3,(H,35,42)(H,36,43)(H,37,48)(H,46,47);. The minimum absolute atomic E-state index is 0. The predicted molar refractivity (Wildman–Crippen MR) is 200 cm³/mol. The van der Waals surface area contributed by atoms with Crippen molar-refractivity contribution in [2.24, 2.45) is 5.92 Å². The van der Waals surface area contributed by atoms with Crippen molar-refractivity contribution >= 4 is 32.5 Å². The van der Waals surface area contributed by atoms with Crippen molar-refractivity contribution in [1.29, 1.82) is 0 Å². The van der Waals surface area contributed by atoms with Gasteiger partial charge in [0.1, 0.15) is 18.7 Å². The number of nitrogens with zero attached hydrogens (tertiary/aromatic N) is 3. The zero-order chi connectivity index (χ0) is 41.6. The first-order valence-electron chi connectivity index (χ1n) is 19.2. The van der Waals surface area contributed by atoms with E-state index in [9.17, 15) is 55.2 Å². The normalized spacial score (nSPS) is 13.9. The number of aliphatic hydroxyl groups excluding tert-OH is 3. The number of rotatable bonds is 36. The number of hydrogen-bond donors (Lipinski definition) is 10. The summed E-state index contributed by atoms with van der Waals surface area (Å²) in [7, 11) is 0.977. The Balaban J connectivity index is 0. The zero-order valence-corrected chi connectivity index (χ0v) is 35.7. The number of aliphatic hydroxyl groups is 3. The molecule has 0 fully saturated rings. The molecule has 3 amide bonds. The summed E-state index contributed by atoms with van der Waals surface area (Å²) in [5.74, 6) is -2.99. The number of carbonyl (C=O) groups is 4. The third-order valence-electron chi connectivity index (χ3n) is 8.99. The number of hydrogen-bond acceptors (Lipinski definition) is 16. The number of nitrogens with one attached hydrogen (secondary N) is 3. The first kappa shape index (κ1) is 56.2. The molecule has 0 saturated heterocycles. The van der Waals surface area contributed by atoms with E-state index in [0.29, 0.717) is 58.2 Å². The van der Waals surface area contributed by atoms with Crippen molar-refractivity contribution in [2.45, 2.75) is 128 Å². The van der Waals surface area contributed by atoms with Crippen molar-refractivity contribution in [2.75, 3.05) is 60.6 Å². The van der Waals surface area contributed by atoms with Crippen LogP contribution in [0.1, 0.15) is 103 Å². The second-order valence-electron chi connectivity index (χ2n) is 13.5. The van der Waals surface area contributed by atoms with Gasteiger partial charge in [-0.2, -0.15) is 15.2 Å². The van der Waals surface area contributed by atoms with Gasteiger partial charge in [0.25, 0.3) is 0 Å². The molecule has 0 saturated carbocycles. The molecule has 0 aliphatic heterocycles. The van der Waals surface area contributed by atoms with E-state index in [1.54, 1.807) is 0 Å². The Hall–Kier alpha value is -1.86. The Bertz CT molecular complexity index is 1050. The van der Waals surface area contributed by atoms with Crippen LogP contribution in [-0.2, 0) is 49.5 Å². The molecule has 0 bridgehead atoms. The van der Waals surface area contributed by atoms with Gasteiger partial charge in [-0.05, 0) is 58.3 Å². The average Bonchev–Trinajstić information content (AvgIpc) is 3.16. The first-order valence-corrected chi connectivity index (χ1v) is 21.1. The quantitative estimate of drug-likeness (QED) is 0.0181. The molecule has 56 heavy (non-hydrogen) atoms. The van der Waals surface area contributed by atoms with Gasteiger partial charge in [-0.15, -0.1) is 0 Å². The number of aliphatic carboxylic acids is 1. The van der Waals surface area contributed by atoms with Crippen LogP contribution in [0.4, 0.5) is 0 Å². The fourth-order valence-electron chi connectivity index (χ4n) is 5.47. The van der Waals surface area contributed by atoms with Gasteiger partial charge in [0.15, 0.2) is 0 Å². The van der Waals surface area contributed by atoms with Crippen molar-refractivity contribution < 1.29 is 85.6 Å². The van der Waals surface area contributed by atoms with E-state index in [1.807, 2.05) is 0 Å². The molecule has 332 valence electrons. The maximum absolute atomic E-state index is 12.7. The molecule has 0 aromatic carbocycles. The smallest absolute Gasteiger partial charge is 0.481 e. The molecule has 0 radical (unpaired) electrons. The summed E-state index contributed by atoms with van der Waals surface area (Å²) >= 11 is 0. The Kier molecular flexibility index (Phi) is 34.2. The third-order valence-corrected chi connectivity index (χ3v) is 11.8. The Morgan fingerprint density at radius 2 is 0.982 bits per heavy atom. The molecule has 0 aromatic heterocycles. The number of carboxylic acid groups (broad SMARTS) is 1. The SMILES string of the molecule is CO[Si](CC(CC(=O)O)C(=O)NCCCCCN(O)C(O)CCC(=O)NCCCCCN(O)C(O)CCC(=O)NCCCCCCN(O)C(C)O)(OC)OC.[Fe]. The van der Waals surface area contributed by atoms with Crippen LogP contribution in [0.25, 0.3) is 0 Å². The van der Waals surface area contributed by atoms with Crippen LogP contribution in [-0.4, -0.2) is 163 Å². The Labute approximate surface area is 342 Å². The maximum Gasteiger partial charge on any atom is 0.500 e. The predicted octanol–water partition coefficient (Wildman–Crippen LogP) is 0.812. The van der Waals surface area contributed by atoms with Crippen LogP contribution in [0.15, 0.2) is 0 Å². The molecule has 0 spiro atoms. The maximum atomic E-state index is 12.7. The fourth-order valence-corrected chi connectivity index (χ4v) is 7.40. The van der Waals surface area contributed by atoms with Gasteiger partial charge in [0.05, 0.1) is 12.3 Å². The Morgan fingerprint density at radius 1 is 0.607 bits per heavy atom. The van der Waals surface area contributed by atoms with E-state index in [-0.39, 0.29) is 80.2 Å². The van der Waals surface area contributed by atoms with Gasteiger partial charge < -0.3 is 65.3 Å². The summed E-state index contributed by atoms with van der Waals surface area (Å²) < 4.78 is 16.0. The molecule has 0 aliphatic rings. The van der Waals surface area contributed by atoms with Crippen LogP contribution in [0.3, 0.4) is 0 Å². The third kappa shape index (κ3) is 27.7. The van der Waals surface area contributed by atoms with Crippen LogP contribution in [0.5, 0.6) is 0 Å². The fraction of sp³-hybridized carbons (Fsp3) is 0.882. The topological polar surface area (TPSA) is 283 Å². The minimum atomic E-state index is -3.18. The van der Waals surface area contributed by atoms with Crippen molar-refractivity contribution in [1.82, 2.24) is 31.1 Å². The van der Waals surface area contributed by atoms with Gasteiger partial charge in [0, 0.05) is 96.6 Å². The molecular formula is C34H70FeN6O14Si. The van der Waals surface area contributed by atoms with Gasteiger partial charge in [-0.3, -0.25) is 19.2 Å². The molecule has 0 aliphatic carbocycles. The zero-order valence-electron chi connectivity index (χ0n) is 33.5. The second kappa shape index (κ2) is 34.0. The summed E-state index contributed by atoms with van der Waals surface area (Å²) in [6.45, 7) is 3.36. The average molecular weight is 871 g/mol. The molecule has 10 N–H and O–H groups in total. The molecule has 4 unspecified atom stereocenters. The molecule has 0 aromatic rings. The number of carbonyl (C=O) groups excluding carboxylic acids is 3. The molecule has 0 rings (SSSR count). The van der Waals surface area contributed by atoms with E-state index in [4.69, 9.17) is 13.3 Å². The summed E-state index contributed by atoms with van der Waals surface area (Å²) in [5, 5.41) is 79.1. The van der Waals surface area contributed by atoms with Crippen LogP contribution in [0.2, 0.25) is 6.04 Å². The summed E-state index contributed by atoms with van der Waals surface area (Å²) in [6, 6.07) is 0.00889. The number of amides is 3. The molecule has 20 nitrogen and oxygen atoms in total. The monoisotopic (exact) mass is 870 g/mol. The van der Waals surface area contributed by atoms with Crippen molar-refractivity contribution in [3.05, 3.63) is 0 Å². The largest absolute Gasteiger partial charge is 0.500 e. The molecule has 0 heterocycles.